The van der Waals surface area contributed by atoms with E-state index in [4.69, 9.17) is 4.74 Å². The normalized spacial score (nSPS) is 19.1. The molecule has 0 aliphatic carbocycles. The molecule has 104 valence electrons. The molecule has 3 heteroatoms. The topological polar surface area (TPSA) is 38.3 Å². The third-order valence-corrected chi connectivity index (χ3v) is 3.73. The number of ether oxygens (including phenoxy) is 1. The molecule has 1 aliphatic rings. The first kappa shape index (κ1) is 13.3. The van der Waals surface area contributed by atoms with Crippen LogP contribution in [0.5, 0.6) is 0 Å². The van der Waals surface area contributed by atoms with Gasteiger partial charge in [0.1, 0.15) is 5.78 Å². The minimum atomic E-state index is 0.0335. The fourth-order valence-corrected chi connectivity index (χ4v) is 2.74. The van der Waals surface area contributed by atoms with E-state index in [-0.39, 0.29) is 11.9 Å². The van der Waals surface area contributed by atoms with E-state index in [1.165, 1.54) is 10.8 Å². The maximum absolute atomic E-state index is 12.2. The van der Waals surface area contributed by atoms with Crippen LogP contribution in [0.2, 0.25) is 0 Å². The maximum atomic E-state index is 12.2. The number of hydrogen-bond donors (Lipinski definition) is 1. The molecule has 1 saturated heterocycles. The summed E-state index contributed by atoms with van der Waals surface area (Å²) >= 11 is 0. The summed E-state index contributed by atoms with van der Waals surface area (Å²) in [4.78, 5) is 12.2. The van der Waals surface area contributed by atoms with E-state index in [9.17, 15) is 4.79 Å². The van der Waals surface area contributed by atoms with Crippen molar-refractivity contribution in [1.82, 2.24) is 5.32 Å². The first-order valence-corrected chi connectivity index (χ1v) is 7.13. The molecule has 3 nitrogen and oxygen atoms in total. The first-order chi connectivity index (χ1) is 9.83. The summed E-state index contributed by atoms with van der Waals surface area (Å²) in [6.07, 6.45) is 1.02. The summed E-state index contributed by atoms with van der Waals surface area (Å²) in [5.74, 6) is 0.245. The average molecular weight is 269 g/mol. The van der Waals surface area contributed by atoms with Gasteiger partial charge in [0.25, 0.3) is 0 Å². The molecule has 2 aromatic carbocycles. The molecular weight excluding hydrogens is 250 g/mol. The van der Waals surface area contributed by atoms with Crippen LogP contribution in [-0.4, -0.2) is 31.6 Å². The summed E-state index contributed by atoms with van der Waals surface area (Å²) in [5.41, 5.74) is 1.11. The predicted octanol–water partition coefficient (Wildman–Crippen LogP) is 2.33. The minimum Gasteiger partial charge on any atom is -0.375 e. The number of fused-ring (bicyclic) bond motifs is 1. The summed E-state index contributed by atoms with van der Waals surface area (Å²) in [5, 5.41) is 5.62. The van der Waals surface area contributed by atoms with Crippen LogP contribution < -0.4 is 5.32 Å². The van der Waals surface area contributed by atoms with E-state index in [2.05, 4.69) is 23.5 Å². The Kier molecular flexibility index (Phi) is 4.09. The molecular formula is C17H19NO2. The molecule has 0 spiro atoms. The quantitative estimate of drug-likeness (QED) is 0.926. The Bertz CT molecular complexity index is 597. The number of carbonyl (C=O) groups is 1. The number of nitrogens with one attached hydrogen (secondary N) is 1. The predicted molar refractivity (Wildman–Crippen MR) is 79.9 cm³/mol. The highest BCUT2D eigenvalue weighted by Crippen LogP contribution is 2.19. The Morgan fingerprint density at radius 2 is 2.05 bits per heavy atom. The SMILES string of the molecule is O=C(Cc1cccc2ccccc12)CC1CNCCO1. The molecule has 3 rings (SSSR count). The second-order valence-electron chi connectivity index (χ2n) is 5.25. The van der Waals surface area contributed by atoms with Crippen molar-refractivity contribution >= 4 is 16.6 Å². The maximum Gasteiger partial charge on any atom is 0.139 e. The number of ketones is 1. The van der Waals surface area contributed by atoms with E-state index < -0.39 is 0 Å². The van der Waals surface area contributed by atoms with Gasteiger partial charge in [-0.25, -0.2) is 0 Å². The van der Waals surface area contributed by atoms with Gasteiger partial charge in [-0.3, -0.25) is 4.79 Å². The van der Waals surface area contributed by atoms with Gasteiger partial charge < -0.3 is 10.1 Å². The first-order valence-electron chi connectivity index (χ1n) is 7.13. The third kappa shape index (κ3) is 3.06. The van der Waals surface area contributed by atoms with Crippen molar-refractivity contribution in [3.8, 4) is 0 Å². The van der Waals surface area contributed by atoms with Gasteiger partial charge in [-0.05, 0) is 16.3 Å². The fourth-order valence-electron chi connectivity index (χ4n) is 2.74. The lowest BCUT2D eigenvalue weighted by Gasteiger charge is -2.23. The molecule has 1 fully saturated rings. The number of Topliss-reactive ketones (excluding diaryl/α,β-unsaturated/α-hetero) is 1. The van der Waals surface area contributed by atoms with Gasteiger partial charge in [0.05, 0.1) is 12.7 Å². The minimum absolute atomic E-state index is 0.0335. The molecule has 1 unspecified atom stereocenters. The summed E-state index contributed by atoms with van der Waals surface area (Å²) in [6.45, 7) is 2.36. The van der Waals surface area contributed by atoms with Gasteiger partial charge in [-0.1, -0.05) is 42.5 Å². The molecule has 1 N–H and O–H groups in total. The molecule has 2 aromatic rings. The van der Waals surface area contributed by atoms with Crippen LogP contribution in [-0.2, 0) is 16.0 Å². The van der Waals surface area contributed by atoms with Crippen LogP contribution >= 0.6 is 0 Å². The zero-order valence-corrected chi connectivity index (χ0v) is 11.5. The van der Waals surface area contributed by atoms with Crippen molar-refractivity contribution in [2.75, 3.05) is 19.7 Å². The number of benzene rings is 2. The number of morpholine rings is 1. The lowest BCUT2D eigenvalue weighted by Crippen LogP contribution is -2.39. The molecule has 0 amide bonds. The molecule has 0 bridgehead atoms. The van der Waals surface area contributed by atoms with E-state index in [0.717, 1.165) is 18.7 Å². The summed E-state index contributed by atoms with van der Waals surface area (Å²) in [7, 11) is 0. The lowest BCUT2D eigenvalue weighted by atomic mass is 9.98. The lowest BCUT2D eigenvalue weighted by molar-refractivity contribution is -0.121. The van der Waals surface area contributed by atoms with Crippen LogP contribution in [0, 0.1) is 0 Å². The van der Waals surface area contributed by atoms with Gasteiger partial charge in [0, 0.05) is 25.9 Å². The zero-order valence-electron chi connectivity index (χ0n) is 11.5. The number of hydrogen-bond acceptors (Lipinski definition) is 3. The molecule has 1 heterocycles. The van der Waals surface area contributed by atoms with Crippen LogP contribution in [0.1, 0.15) is 12.0 Å². The Morgan fingerprint density at radius 3 is 2.90 bits per heavy atom. The van der Waals surface area contributed by atoms with Crippen LogP contribution in [0.3, 0.4) is 0 Å². The van der Waals surface area contributed by atoms with Crippen LogP contribution in [0.15, 0.2) is 42.5 Å². The van der Waals surface area contributed by atoms with Gasteiger partial charge in [-0.2, -0.15) is 0 Å². The van der Waals surface area contributed by atoms with Gasteiger partial charge in [-0.15, -0.1) is 0 Å². The molecule has 0 saturated carbocycles. The van der Waals surface area contributed by atoms with E-state index in [1.807, 2.05) is 24.3 Å². The number of carbonyl (C=O) groups excluding carboxylic acids is 1. The van der Waals surface area contributed by atoms with E-state index in [0.29, 0.717) is 19.4 Å². The van der Waals surface area contributed by atoms with E-state index in [1.54, 1.807) is 0 Å². The zero-order chi connectivity index (χ0) is 13.8. The summed E-state index contributed by atoms with van der Waals surface area (Å²) < 4.78 is 5.59. The van der Waals surface area contributed by atoms with Crippen LogP contribution in [0.4, 0.5) is 0 Å². The van der Waals surface area contributed by atoms with Gasteiger partial charge in [0.2, 0.25) is 0 Å². The highest BCUT2D eigenvalue weighted by molar-refractivity contribution is 5.91. The molecule has 1 aliphatic heterocycles. The monoisotopic (exact) mass is 269 g/mol. The van der Waals surface area contributed by atoms with Crippen molar-refractivity contribution in [3.05, 3.63) is 48.0 Å². The molecule has 1 atom stereocenters. The Balaban J connectivity index is 1.71. The van der Waals surface area contributed by atoms with E-state index >= 15 is 0 Å². The number of rotatable bonds is 4. The third-order valence-electron chi connectivity index (χ3n) is 3.73. The van der Waals surface area contributed by atoms with Crippen molar-refractivity contribution < 1.29 is 9.53 Å². The molecule has 20 heavy (non-hydrogen) atoms. The fraction of sp³-hybridized carbons (Fsp3) is 0.353. The van der Waals surface area contributed by atoms with Crippen LogP contribution in [0.25, 0.3) is 10.8 Å². The van der Waals surface area contributed by atoms with Crippen molar-refractivity contribution in [3.63, 3.8) is 0 Å². The molecule has 0 radical (unpaired) electrons. The Hall–Kier alpha value is -1.71. The smallest absolute Gasteiger partial charge is 0.139 e. The molecule has 0 aromatic heterocycles. The largest absolute Gasteiger partial charge is 0.375 e. The second kappa shape index (κ2) is 6.16. The van der Waals surface area contributed by atoms with Crippen molar-refractivity contribution in [2.24, 2.45) is 0 Å². The highest BCUT2D eigenvalue weighted by atomic mass is 16.5. The van der Waals surface area contributed by atoms with Gasteiger partial charge in [0.15, 0.2) is 0 Å². The second-order valence-corrected chi connectivity index (χ2v) is 5.25. The summed E-state index contributed by atoms with van der Waals surface area (Å²) in [6, 6.07) is 14.3. The van der Waals surface area contributed by atoms with Gasteiger partial charge >= 0.3 is 0 Å². The average Bonchev–Trinajstić information content (AvgIpc) is 2.48. The Labute approximate surface area is 118 Å². The highest BCUT2D eigenvalue weighted by Gasteiger charge is 2.17. The van der Waals surface area contributed by atoms with Crippen molar-refractivity contribution in [1.29, 1.82) is 0 Å². The Morgan fingerprint density at radius 1 is 1.20 bits per heavy atom. The van der Waals surface area contributed by atoms with Crippen molar-refractivity contribution in [2.45, 2.75) is 18.9 Å². The standard InChI is InChI=1S/C17H19NO2/c19-15(11-16-12-18-8-9-20-16)10-14-6-3-5-13-4-1-2-7-17(13)14/h1-7,16,18H,8-12H2.